The van der Waals surface area contributed by atoms with Gasteiger partial charge in [-0.25, -0.2) is 4.79 Å². The fraction of sp³-hybridized carbons (Fsp3) is 0.500. The molecular weight excluding hydrogens is 214 g/mol. The average molecular weight is 234 g/mol. The molecule has 1 heterocycles. The molecule has 0 unspecified atom stereocenters. The molecule has 0 atom stereocenters. The van der Waals surface area contributed by atoms with Crippen molar-refractivity contribution in [2.45, 2.75) is 19.3 Å². The van der Waals surface area contributed by atoms with Crippen LogP contribution in [-0.4, -0.2) is 37.1 Å². The molecule has 1 aliphatic rings. The van der Waals surface area contributed by atoms with Crippen molar-refractivity contribution >= 4 is 5.91 Å². The lowest BCUT2D eigenvalue weighted by Gasteiger charge is -2.34. The Morgan fingerprint density at radius 1 is 1.18 bits per heavy atom. The van der Waals surface area contributed by atoms with Gasteiger partial charge in [0.15, 0.2) is 0 Å². The van der Waals surface area contributed by atoms with Crippen LogP contribution in [0.4, 0.5) is 0 Å². The van der Waals surface area contributed by atoms with Crippen LogP contribution >= 0.6 is 0 Å². The summed E-state index contributed by atoms with van der Waals surface area (Å²) >= 11 is 0. The third kappa shape index (κ3) is 3.07. The first-order valence-electron chi connectivity index (χ1n) is 6.26. The Kier molecular flexibility index (Phi) is 3.79. The second kappa shape index (κ2) is 5.32. The topological polar surface area (TPSA) is 26.3 Å². The molecule has 1 aromatic carbocycles. The number of ether oxygens (including phenoxy) is 1. The minimum atomic E-state index is 0.181. The number of hydrogen-bond donors (Lipinski definition) is 0. The van der Waals surface area contributed by atoms with Crippen molar-refractivity contribution in [1.82, 2.24) is 0 Å². The molecule has 2 rings (SSSR count). The van der Waals surface area contributed by atoms with E-state index < -0.39 is 0 Å². The molecule has 1 amide bonds. The smallest absolute Gasteiger partial charge is 0.351 e. The van der Waals surface area contributed by atoms with Gasteiger partial charge in [-0.1, -0.05) is 18.2 Å². The summed E-state index contributed by atoms with van der Waals surface area (Å²) < 4.78 is 6.06. The number of amides is 1. The summed E-state index contributed by atoms with van der Waals surface area (Å²) in [6.07, 6.45) is 3.54. The van der Waals surface area contributed by atoms with E-state index in [1.165, 1.54) is 6.42 Å². The van der Waals surface area contributed by atoms with Gasteiger partial charge in [0.2, 0.25) is 6.61 Å². The number of likely N-dealkylation sites (N-methyl/N-ethyl adjacent to an activating group) is 1. The third-order valence-corrected chi connectivity index (χ3v) is 3.51. The number of nitrogens with zero attached hydrogens (tertiary/aromatic N) is 1. The molecule has 1 aromatic rings. The Hall–Kier alpha value is -1.35. The number of para-hydroxylation sites is 1. The van der Waals surface area contributed by atoms with Crippen molar-refractivity contribution < 1.29 is 14.0 Å². The van der Waals surface area contributed by atoms with E-state index in [1.807, 2.05) is 37.4 Å². The lowest BCUT2D eigenvalue weighted by atomic mass is 10.1. The fourth-order valence-corrected chi connectivity index (χ4v) is 2.28. The SMILES string of the molecule is C[N+]1(C(=O)COc2ccccc2)CCCCC1. The van der Waals surface area contributed by atoms with E-state index in [-0.39, 0.29) is 12.5 Å². The zero-order valence-corrected chi connectivity index (χ0v) is 10.4. The first-order valence-corrected chi connectivity index (χ1v) is 6.26. The molecule has 92 valence electrons. The van der Waals surface area contributed by atoms with E-state index in [0.29, 0.717) is 4.48 Å². The molecule has 0 radical (unpaired) electrons. The maximum absolute atomic E-state index is 12.1. The van der Waals surface area contributed by atoms with Crippen LogP contribution in [0.5, 0.6) is 5.75 Å². The number of likely N-dealkylation sites (tertiary alicyclic amines) is 1. The van der Waals surface area contributed by atoms with E-state index in [2.05, 4.69) is 0 Å². The number of carbonyl (C=O) groups excluding carboxylic acids is 1. The van der Waals surface area contributed by atoms with Crippen LogP contribution in [0.25, 0.3) is 0 Å². The van der Waals surface area contributed by atoms with Crippen LogP contribution in [0.15, 0.2) is 30.3 Å². The summed E-state index contributed by atoms with van der Waals surface area (Å²) in [7, 11) is 2.02. The number of quaternary nitrogens is 1. The minimum absolute atomic E-state index is 0.181. The Morgan fingerprint density at radius 2 is 1.82 bits per heavy atom. The summed E-state index contributed by atoms with van der Waals surface area (Å²) in [5.41, 5.74) is 0. The lowest BCUT2D eigenvalue weighted by Crippen LogP contribution is -2.54. The van der Waals surface area contributed by atoms with Crippen molar-refractivity contribution in [2.24, 2.45) is 0 Å². The van der Waals surface area contributed by atoms with Gasteiger partial charge >= 0.3 is 5.91 Å². The Bertz CT molecular complexity index is 369. The largest absolute Gasteiger partial charge is 0.479 e. The molecule has 17 heavy (non-hydrogen) atoms. The van der Waals surface area contributed by atoms with Crippen LogP contribution in [0.1, 0.15) is 19.3 Å². The Morgan fingerprint density at radius 3 is 2.47 bits per heavy atom. The number of benzene rings is 1. The van der Waals surface area contributed by atoms with E-state index in [4.69, 9.17) is 4.74 Å². The summed E-state index contributed by atoms with van der Waals surface area (Å²) in [4.78, 5) is 12.1. The van der Waals surface area contributed by atoms with Gasteiger partial charge < -0.3 is 4.74 Å². The number of piperidine rings is 1. The Labute approximate surface area is 103 Å². The quantitative estimate of drug-likeness (QED) is 0.750. The van der Waals surface area contributed by atoms with Crippen LogP contribution < -0.4 is 4.74 Å². The molecule has 3 heteroatoms. The second-order valence-electron chi connectivity index (χ2n) is 4.90. The zero-order chi connectivity index (χ0) is 12.1. The van der Waals surface area contributed by atoms with Crippen molar-refractivity contribution in [1.29, 1.82) is 0 Å². The van der Waals surface area contributed by atoms with E-state index in [1.54, 1.807) is 0 Å². The summed E-state index contributed by atoms with van der Waals surface area (Å²) in [6, 6.07) is 9.52. The van der Waals surface area contributed by atoms with Gasteiger partial charge in [0.25, 0.3) is 0 Å². The molecule has 1 saturated heterocycles. The van der Waals surface area contributed by atoms with Gasteiger partial charge in [-0.15, -0.1) is 0 Å². The average Bonchev–Trinajstić information content (AvgIpc) is 2.38. The van der Waals surface area contributed by atoms with Gasteiger partial charge in [-0.3, -0.25) is 4.48 Å². The van der Waals surface area contributed by atoms with Crippen LogP contribution in [-0.2, 0) is 4.79 Å². The highest BCUT2D eigenvalue weighted by molar-refractivity contribution is 5.70. The Balaban J connectivity index is 1.88. The maximum Gasteiger partial charge on any atom is 0.351 e. The summed E-state index contributed by atoms with van der Waals surface area (Å²) in [5.74, 6) is 0.956. The fourth-order valence-electron chi connectivity index (χ4n) is 2.28. The highest BCUT2D eigenvalue weighted by Crippen LogP contribution is 2.17. The lowest BCUT2D eigenvalue weighted by molar-refractivity contribution is -0.840. The minimum Gasteiger partial charge on any atom is -0.479 e. The predicted octanol–water partition coefficient (Wildman–Crippen LogP) is 2.22. The van der Waals surface area contributed by atoms with Crippen molar-refractivity contribution in [3.05, 3.63) is 30.3 Å². The molecule has 0 spiro atoms. The number of rotatable bonds is 3. The third-order valence-electron chi connectivity index (χ3n) is 3.51. The maximum atomic E-state index is 12.1. The van der Waals surface area contributed by atoms with Gasteiger partial charge in [-0.05, 0) is 31.4 Å². The van der Waals surface area contributed by atoms with Gasteiger partial charge in [0.05, 0.1) is 20.1 Å². The first-order chi connectivity index (χ1) is 8.21. The standard InChI is InChI=1S/C14H20NO2/c1-15(10-6-3-7-11-15)14(16)12-17-13-8-4-2-5-9-13/h2,4-5,8-9H,3,6-7,10-12H2,1H3/q+1. The van der Waals surface area contributed by atoms with Crippen molar-refractivity contribution in [2.75, 3.05) is 26.7 Å². The summed E-state index contributed by atoms with van der Waals surface area (Å²) in [6.45, 7) is 2.09. The number of carbonyl (C=O) groups is 1. The van der Waals surface area contributed by atoms with Crippen LogP contribution in [0.3, 0.4) is 0 Å². The second-order valence-corrected chi connectivity index (χ2v) is 4.90. The normalized spacial score (nSPS) is 18.6. The molecule has 3 nitrogen and oxygen atoms in total. The molecule has 0 aromatic heterocycles. The van der Waals surface area contributed by atoms with Gasteiger partial charge in [0.1, 0.15) is 5.75 Å². The molecule has 0 N–H and O–H groups in total. The molecule has 1 aliphatic heterocycles. The van der Waals surface area contributed by atoms with Crippen molar-refractivity contribution in [3.8, 4) is 5.75 Å². The monoisotopic (exact) mass is 234 g/mol. The van der Waals surface area contributed by atoms with Gasteiger partial charge in [0, 0.05) is 0 Å². The molecule has 1 fully saturated rings. The predicted molar refractivity (Wildman–Crippen MR) is 66.7 cm³/mol. The molecule has 0 saturated carbocycles. The highest BCUT2D eigenvalue weighted by atomic mass is 16.5. The highest BCUT2D eigenvalue weighted by Gasteiger charge is 2.33. The molecular formula is C14H20NO2+. The van der Waals surface area contributed by atoms with Gasteiger partial charge in [-0.2, -0.15) is 0 Å². The van der Waals surface area contributed by atoms with Crippen LogP contribution in [0, 0.1) is 0 Å². The van der Waals surface area contributed by atoms with E-state index >= 15 is 0 Å². The van der Waals surface area contributed by atoms with Crippen LogP contribution in [0.2, 0.25) is 0 Å². The van der Waals surface area contributed by atoms with Crippen molar-refractivity contribution in [3.63, 3.8) is 0 Å². The zero-order valence-electron chi connectivity index (χ0n) is 10.4. The first kappa shape index (κ1) is 12.1. The van der Waals surface area contributed by atoms with E-state index in [0.717, 1.165) is 31.7 Å². The molecule has 0 bridgehead atoms. The number of hydrogen-bond acceptors (Lipinski definition) is 2. The van der Waals surface area contributed by atoms with E-state index in [9.17, 15) is 4.79 Å². The summed E-state index contributed by atoms with van der Waals surface area (Å²) in [5, 5.41) is 0. The molecule has 0 aliphatic carbocycles.